The summed E-state index contributed by atoms with van der Waals surface area (Å²) in [5.74, 6) is 0.149. The van der Waals surface area contributed by atoms with Crippen molar-refractivity contribution in [2.75, 3.05) is 7.11 Å². The van der Waals surface area contributed by atoms with E-state index in [0.29, 0.717) is 18.1 Å². The lowest BCUT2D eigenvalue weighted by molar-refractivity contribution is -0.163. The van der Waals surface area contributed by atoms with Gasteiger partial charge in [-0.15, -0.1) is 0 Å². The number of rotatable bonds is 4. The monoisotopic (exact) mass is 370 g/mol. The highest BCUT2D eigenvalue weighted by atomic mass is 16.5. The number of piperidine rings is 1. The number of nitrogens with one attached hydrogen (secondary N) is 1. The molecule has 1 aromatic rings. The zero-order valence-corrected chi connectivity index (χ0v) is 17.2. The second kappa shape index (κ2) is 6.89. The van der Waals surface area contributed by atoms with E-state index in [4.69, 9.17) is 4.74 Å². The number of carbonyl (C=O) groups excluding carboxylic acids is 1. The first-order valence-electron chi connectivity index (χ1n) is 10.5. The maximum absolute atomic E-state index is 13.7. The van der Waals surface area contributed by atoms with Gasteiger partial charge < -0.3 is 15.0 Å². The molecule has 4 heteroatoms. The summed E-state index contributed by atoms with van der Waals surface area (Å²) in [6, 6.07) is 12.0. The molecule has 2 heterocycles. The average molecular weight is 371 g/mol. The molecule has 3 aliphatic rings. The number of amides is 1. The Morgan fingerprint density at radius 3 is 2.67 bits per heavy atom. The van der Waals surface area contributed by atoms with Crippen LogP contribution in [0.15, 0.2) is 30.3 Å². The Labute approximate surface area is 163 Å². The van der Waals surface area contributed by atoms with Gasteiger partial charge in [0.2, 0.25) is 0 Å². The third-order valence-electron chi connectivity index (χ3n) is 7.56. The summed E-state index contributed by atoms with van der Waals surface area (Å²) in [7, 11) is 1.65. The molecule has 3 fully saturated rings. The second-order valence-corrected chi connectivity index (χ2v) is 9.52. The number of fused-ring (bicyclic) bond motifs is 1. The van der Waals surface area contributed by atoms with Gasteiger partial charge in [0, 0.05) is 30.7 Å². The van der Waals surface area contributed by atoms with Gasteiger partial charge >= 0.3 is 0 Å². The van der Waals surface area contributed by atoms with Gasteiger partial charge in [-0.05, 0) is 45.1 Å². The SMILES string of the molecule is COC(C)(C)C(=O)N1[C@H](Cc2ccccc2)[C@@H]2C[C@@]3(C)[C@H](CCCC[C@@H]13)N2. The van der Waals surface area contributed by atoms with E-state index < -0.39 is 5.60 Å². The number of hydrogen-bond donors (Lipinski definition) is 1. The first-order chi connectivity index (χ1) is 12.9. The molecule has 0 radical (unpaired) electrons. The summed E-state index contributed by atoms with van der Waals surface area (Å²) < 4.78 is 5.63. The fourth-order valence-electron chi connectivity index (χ4n) is 5.84. The van der Waals surface area contributed by atoms with Crippen LogP contribution in [0.2, 0.25) is 0 Å². The third kappa shape index (κ3) is 3.11. The molecule has 2 saturated heterocycles. The van der Waals surface area contributed by atoms with Crippen LogP contribution in [0.25, 0.3) is 0 Å². The number of ether oxygens (including phenoxy) is 1. The highest BCUT2D eigenvalue weighted by Gasteiger charge is 2.60. The smallest absolute Gasteiger partial charge is 0.254 e. The van der Waals surface area contributed by atoms with Crippen molar-refractivity contribution in [1.29, 1.82) is 0 Å². The lowest BCUT2D eigenvalue weighted by atomic mass is 9.68. The molecule has 0 aromatic heterocycles. The first-order valence-corrected chi connectivity index (χ1v) is 10.5. The van der Waals surface area contributed by atoms with Gasteiger partial charge in [0.05, 0.1) is 6.04 Å². The van der Waals surface area contributed by atoms with E-state index in [1.165, 1.54) is 31.2 Å². The van der Waals surface area contributed by atoms with Gasteiger partial charge in [0.25, 0.3) is 5.91 Å². The van der Waals surface area contributed by atoms with Crippen LogP contribution in [-0.4, -0.2) is 47.7 Å². The predicted molar refractivity (Wildman–Crippen MR) is 108 cm³/mol. The molecule has 4 nitrogen and oxygen atoms in total. The first kappa shape index (κ1) is 18.9. The molecule has 27 heavy (non-hydrogen) atoms. The Morgan fingerprint density at radius 1 is 1.26 bits per heavy atom. The topological polar surface area (TPSA) is 41.6 Å². The Hall–Kier alpha value is -1.39. The molecule has 0 spiro atoms. The Kier molecular flexibility index (Phi) is 4.84. The molecule has 2 aliphatic heterocycles. The molecule has 1 saturated carbocycles. The van der Waals surface area contributed by atoms with Gasteiger partial charge in [-0.3, -0.25) is 4.79 Å². The Bertz CT molecular complexity index is 689. The highest BCUT2D eigenvalue weighted by Crippen LogP contribution is 2.51. The fourth-order valence-corrected chi connectivity index (χ4v) is 5.84. The molecule has 1 N–H and O–H groups in total. The summed E-state index contributed by atoms with van der Waals surface area (Å²) in [5.41, 5.74) is 0.692. The van der Waals surface area contributed by atoms with Crippen LogP contribution < -0.4 is 5.32 Å². The van der Waals surface area contributed by atoms with Crippen molar-refractivity contribution in [3.8, 4) is 0 Å². The van der Waals surface area contributed by atoms with Crippen LogP contribution in [0.5, 0.6) is 0 Å². The van der Waals surface area contributed by atoms with Crippen molar-refractivity contribution in [2.24, 2.45) is 5.41 Å². The van der Waals surface area contributed by atoms with Gasteiger partial charge in [0.1, 0.15) is 5.60 Å². The fraction of sp³-hybridized carbons (Fsp3) is 0.696. The minimum Gasteiger partial charge on any atom is -0.369 e. The van der Waals surface area contributed by atoms with Crippen molar-refractivity contribution in [1.82, 2.24) is 10.2 Å². The van der Waals surface area contributed by atoms with Gasteiger partial charge in [-0.1, -0.05) is 50.1 Å². The van der Waals surface area contributed by atoms with Gasteiger partial charge in [0.15, 0.2) is 0 Å². The maximum atomic E-state index is 13.7. The summed E-state index contributed by atoms with van der Waals surface area (Å²) in [5, 5.41) is 3.95. The number of methoxy groups -OCH3 is 1. The van der Waals surface area contributed by atoms with Gasteiger partial charge in [-0.25, -0.2) is 0 Å². The molecule has 1 aromatic carbocycles. The molecular weight excluding hydrogens is 336 g/mol. The van der Waals surface area contributed by atoms with Crippen molar-refractivity contribution in [3.63, 3.8) is 0 Å². The standard InChI is InChI=1S/C23H34N2O2/c1-22(2,27-4)21(26)25-18(14-16-10-6-5-7-11-16)17-15-23(3)19(24-17)12-8-9-13-20(23)25/h5-7,10-11,17-20,24H,8-9,12-15H2,1-4H3/t17-,18+,19-,20+,23-/m0/s1. The molecule has 1 aliphatic carbocycles. The number of hydrogen-bond acceptors (Lipinski definition) is 3. The quantitative estimate of drug-likeness (QED) is 0.881. The molecule has 0 unspecified atom stereocenters. The summed E-state index contributed by atoms with van der Waals surface area (Å²) in [6.45, 7) is 6.24. The van der Waals surface area contributed by atoms with Crippen LogP contribution in [0, 0.1) is 5.41 Å². The second-order valence-electron chi connectivity index (χ2n) is 9.52. The van der Waals surface area contributed by atoms with Crippen molar-refractivity contribution < 1.29 is 9.53 Å². The van der Waals surface area contributed by atoms with Crippen LogP contribution in [-0.2, 0) is 16.0 Å². The molecule has 2 bridgehead atoms. The number of benzene rings is 1. The number of nitrogens with zero attached hydrogens (tertiary/aromatic N) is 1. The zero-order chi connectivity index (χ0) is 19.2. The minimum atomic E-state index is -0.788. The van der Waals surface area contributed by atoms with E-state index in [1.54, 1.807) is 7.11 Å². The number of likely N-dealkylation sites (tertiary alicyclic amines) is 1. The van der Waals surface area contributed by atoms with E-state index >= 15 is 0 Å². The lowest BCUT2D eigenvalue weighted by Crippen LogP contribution is -2.65. The molecular formula is C23H34N2O2. The van der Waals surface area contributed by atoms with Crippen molar-refractivity contribution >= 4 is 5.91 Å². The van der Waals surface area contributed by atoms with Crippen molar-refractivity contribution in [3.05, 3.63) is 35.9 Å². The van der Waals surface area contributed by atoms with Gasteiger partial charge in [-0.2, -0.15) is 0 Å². The van der Waals surface area contributed by atoms with E-state index in [1.807, 2.05) is 13.8 Å². The van der Waals surface area contributed by atoms with E-state index in [-0.39, 0.29) is 17.4 Å². The zero-order valence-electron chi connectivity index (χ0n) is 17.2. The molecule has 5 atom stereocenters. The molecule has 148 valence electrons. The lowest BCUT2D eigenvalue weighted by Gasteiger charge is -2.52. The van der Waals surface area contributed by atoms with Crippen LogP contribution >= 0.6 is 0 Å². The van der Waals surface area contributed by atoms with Crippen LogP contribution in [0.1, 0.15) is 58.4 Å². The maximum Gasteiger partial charge on any atom is 0.254 e. The highest BCUT2D eigenvalue weighted by molar-refractivity contribution is 5.85. The van der Waals surface area contributed by atoms with Crippen molar-refractivity contribution in [2.45, 2.75) is 89.1 Å². The van der Waals surface area contributed by atoms with Crippen LogP contribution in [0.3, 0.4) is 0 Å². The van der Waals surface area contributed by atoms with E-state index in [2.05, 4.69) is 47.5 Å². The summed E-state index contributed by atoms with van der Waals surface area (Å²) in [6.07, 6.45) is 6.89. The third-order valence-corrected chi connectivity index (χ3v) is 7.56. The summed E-state index contributed by atoms with van der Waals surface area (Å²) in [4.78, 5) is 16.0. The number of carbonyl (C=O) groups is 1. The summed E-state index contributed by atoms with van der Waals surface area (Å²) >= 11 is 0. The molecule has 4 rings (SSSR count). The van der Waals surface area contributed by atoms with Crippen LogP contribution in [0.4, 0.5) is 0 Å². The minimum absolute atomic E-state index is 0.149. The predicted octanol–water partition coefficient (Wildman–Crippen LogP) is 3.54. The molecule has 1 amide bonds. The average Bonchev–Trinajstić information content (AvgIpc) is 2.87. The Balaban J connectivity index is 1.75. The largest absolute Gasteiger partial charge is 0.369 e. The van der Waals surface area contributed by atoms with E-state index in [0.717, 1.165) is 12.8 Å². The van der Waals surface area contributed by atoms with E-state index in [9.17, 15) is 4.79 Å². The normalized spacial score (nSPS) is 35.8. The Morgan fingerprint density at radius 2 is 1.96 bits per heavy atom.